The van der Waals surface area contributed by atoms with Crippen LogP contribution in [0, 0.1) is 0 Å². The maximum absolute atomic E-state index is 9.93. The Kier molecular flexibility index (Phi) is 15.7. The van der Waals surface area contributed by atoms with E-state index < -0.39 is 0 Å². The number of hydrogen-bond donors (Lipinski definition) is 1. The summed E-state index contributed by atoms with van der Waals surface area (Å²) in [5, 5.41) is 32.4. The van der Waals surface area contributed by atoms with Crippen molar-refractivity contribution in [3.05, 3.63) is 56.4 Å². The Bertz CT molecular complexity index is 460. The molecule has 0 radical (unpaired) electrons. The molecule has 0 spiro atoms. The monoisotopic (exact) mass is 449 g/mol. The van der Waals surface area contributed by atoms with Gasteiger partial charge in [0.2, 0.25) is 0 Å². The van der Waals surface area contributed by atoms with Gasteiger partial charge in [0.05, 0.1) is 0 Å². The molecular weight excluding hydrogens is 416 g/mol. The molecule has 1 aliphatic heterocycles. The van der Waals surface area contributed by atoms with Crippen LogP contribution in [0.1, 0.15) is 11.3 Å². The number of hydrogen-bond acceptors (Lipinski definition) is 1. The van der Waals surface area contributed by atoms with Crippen molar-refractivity contribution in [2.45, 2.75) is 12.5 Å². The Hall–Kier alpha value is -0.0805. The fraction of sp³-hybridized carbons (Fsp3) is 0.647. The molecule has 1 aromatic carbocycles. The number of para-hydroxylation sites is 1. The Balaban J connectivity index is -0.000000455. The van der Waals surface area contributed by atoms with Crippen molar-refractivity contribution in [1.29, 1.82) is 0 Å². The molecule has 159 valence electrons. The van der Waals surface area contributed by atoms with Crippen LogP contribution in [0.3, 0.4) is 0 Å². The van der Waals surface area contributed by atoms with Gasteiger partial charge in [0.1, 0.15) is 5.75 Å². The Morgan fingerprint density at radius 1 is 0.885 bits per heavy atom. The minimum Gasteiger partial charge on any atom is 0 e. The van der Waals surface area contributed by atoms with Crippen LogP contribution in [0.2, 0.25) is 0 Å². The molecular formula is C17H34Cl2MnN5O-5. The van der Waals surface area contributed by atoms with Crippen LogP contribution in [-0.2, 0) is 19.6 Å². The van der Waals surface area contributed by atoms with E-state index in [0.717, 1.165) is 51.4 Å². The number of aromatic hydroxyl groups is 1. The van der Waals surface area contributed by atoms with Gasteiger partial charge in [-0.15, -0.1) is 0 Å². The molecule has 1 saturated heterocycles. The van der Waals surface area contributed by atoms with Crippen LogP contribution in [0.25, 0.3) is 26.6 Å². The van der Waals surface area contributed by atoms with Crippen LogP contribution < -0.4 is 0 Å². The molecule has 1 aliphatic rings. The van der Waals surface area contributed by atoms with Gasteiger partial charge >= 0.3 is 33.3 Å². The van der Waals surface area contributed by atoms with Crippen molar-refractivity contribution in [3.8, 4) is 5.75 Å². The van der Waals surface area contributed by atoms with E-state index in [0.29, 0.717) is 25.3 Å². The third-order valence-electron chi connectivity index (χ3n) is 3.68. The van der Waals surface area contributed by atoms with Crippen LogP contribution in [-0.4, -0.2) is 70.1 Å². The van der Waals surface area contributed by atoms with Crippen molar-refractivity contribution in [1.82, 2.24) is 0 Å². The summed E-state index contributed by atoms with van der Waals surface area (Å²) >= 11 is 0.00694. The second-order valence-corrected chi connectivity index (χ2v) is 7.54. The first-order chi connectivity index (χ1) is 12.8. The first-order valence-electron chi connectivity index (χ1n) is 8.61. The first kappa shape index (κ1) is 24.0. The van der Waals surface area contributed by atoms with Crippen molar-refractivity contribution < 1.29 is 23.9 Å². The number of nitrogens with zero attached hydrogens (tertiary/aromatic N) is 5. The van der Waals surface area contributed by atoms with Crippen LogP contribution in [0.5, 0.6) is 5.75 Å². The molecule has 0 amide bonds. The molecule has 1 N–H and O–H groups in total. The zero-order chi connectivity index (χ0) is 18.9. The minimum atomic E-state index is 0. The zero-order valence-electron chi connectivity index (χ0n) is 14.8. The van der Waals surface area contributed by atoms with E-state index in [1.165, 1.54) is 0 Å². The van der Waals surface area contributed by atoms with Crippen molar-refractivity contribution in [3.63, 3.8) is 0 Å². The van der Waals surface area contributed by atoms with Crippen LogP contribution >= 0.6 is 20.2 Å². The summed E-state index contributed by atoms with van der Waals surface area (Å²) in [7, 11) is 9.59. The maximum atomic E-state index is 9.93. The van der Waals surface area contributed by atoms with Gasteiger partial charge in [-0.25, -0.2) is 0 Å². The predicted molar refractivity (Wildman–Crippen MR) is 116 cm³/mol. The SMILES string of the molecule is Oc1ccccc1CC1C[N-]CC[N-]CC[N-]CC[N-]CC[N-]1.[Cl][Mn][Cl].[HH].[HH].[HH].[HH]. The van der Waals surface area contributed by atoms with E-state index in [9.17, 15) is 5.11 Å². The average molecular weight is 450 g/mol. The molecule has 1 atom stereocenters. The molecule has 0 aromatic heterocycles. The van der Waals surface area contributed by atoms with Crippen LogP contribution in [0.15, 0.2) is 24.3 Å². The third-order valence-corrected chi connectivity index (χ3v) is 3.68. The van der Waals surface area contributed by atoms with Crippen molar-refractivity contribution in [2.75, 3.05) is 58.9 Å². The summed E-state index contributed by atoms with van der Waals surface area (Å²) < 4.78 is 0. The zero-order valence-corrected chi connectivity index (χ0v) is 17.5. The molecule has 2 rings (SSSR count). The van der Waals surface area contributed by atoms with E-state index in [-0.39, 0.29) is 24.9 Å². The number of benzene rings is 1. The van der Waals surface area contributed by atoms with E-state index in [4.69, 9.17) is 25.5 Å². The largest absolute Gasteiger partial charge is 0 e. The van der Waals surface area contributed by atoms with Gasteiger partial charge in [-0.05, 0) is 18.1 Å². The molecule has 0 bridgehead atoms. The van der Waals surface area contributed by atoms with Gasteiger partial charge in [-0.3, -0.25) is 0 Å². The Morgan fingerprint density at radius 3 is 1.96 bits per heavy atom. The van der Waals surface area contributed by atoms with Gasteiger partial charge in [0.25, 0.3) is 0 Å². The molecule has 1 unspecified atom stereocenters. The standard InChI is InChI=1S/C17H26N5O.2ClH.Mn.4H2/c23-17-4-2-1-3-15(17)13-16-14-21-10-9-19-6-5-18-7-8-20-11-12-22-16;;;;;;;/h1-4,16,23H,5-14H2;2*1H;;4*1H/q-5;;;+2;;;;/p-2. The fourth-order valence-electron chi connectivity index (χ4n) is 2.44. The second kappa shape index (κ2) is 17.0. The van der Waals surface area contributed by atoms with Gasteiger partial charge in [-0.2, -0.15) is 64.9 Å². The van der Waals surface area contributed by atoms with Crippen molar-refractivity contribution >= 4 is 20.2 Å². The van der Waals surface area contributed by atoms with Crippen molar-refractivity contribution in [2.24, 2.45) is 0 Å². The summed E-state index contributed by atoms with van der Waals surface area (Å²) in [6.45, 7) is 6.71. The van der Waals surface area contributed by atoms with Gasteiger partial charge < -0.3 is 31.7 Å². The molecule has 1 fully saturated rings. The number of rotatable bonds is 2. The van der Waals surface area contributed by atoms with E-state index >= 15 is 0 Å². The summed E-state index contributed by atoms with van der Waals surface area (Å²) in [6, 6.07) is 7.53. The number of phenols is 1. The fourth-order valence-corrected chi connectivity index (χ4v) is 2.44. The molecule has 1 heterocycles. The topological polar surface area (TPSA) is 90.7 Å². The van der Waals surface area contributed by atoms with E-state index in [1.54, 1.807) is 6.07 Å². The maximum Gasteiger partial charge on any atom is 0 e. The summed E-state index contributed by atoms with van der Waals surface area (Å²) in [5.41, 5.74) is 0.926. The van der Waals surface area contributed by atoms with Crippen LogP contribution in [0.4, 0.5) is 0 Å². The Labute approximate surface area is 177 Å². The quantitative estimate of drug-likeness (QED) is 0.589. The third kappa shape index (κ3) is 12.3. The second-order valence-electron chi connectivity index (χ2n) is 5.59. The van der Waals surface area contributed by atoms with Gasteiger partial charge in [0, 0.05) is 5.71 Å². The molecule has 6 nitrogen and oxygen atoms in total. The summed E-state index contributed by atoms with van der Waals surface area (Å²) in [4.78, 5) is 0. The molecule has 0 saturated carbocycles. The first-order valence-corrected chi connectivity index (χ1v) is 11.9. The van der Waals surface area contributed by atoms with Gasteiger partial charge in [0.15, 0.2) is 0 Å². The molecule has 0 aliphatic carbocycles. The number of phenolic OH excluding ortho intramolecular Hbond substituents is 1. The average Bonchev–Trinajstić information content (AvgIpc) is 2.64. The predicted octanol–water partition coefficient (Wildman–Crippen LogP) is 5.55. The smallest absolute Gasteiger partial charge is 0 e. The summed E-state index contributed by atoms with van der Waals surface area (Å²) in [6.07, 6.45) is 0.711. The van der Waals surface area contributed by atoms with Gasteiger partial charge in [-0.1, -0.05) is 18.2 Å². The molecule has 1 aromatic rings. The minimum absolute atomic E-state index is 0. The summed E-state index contributed by atoms with van der Waals surface area (Å²) in [5.74, 6) is 0.333. The Morgan fingerprint density at radius 2 is 1.38 bits per heavy atom. The normalized spacial score (nSPS) is 20.9. The number of halogens is 2. The van der Waals surface area contributed by atoms with E-state index in [2.05, 4.69) is 21.3 Å². The molecule has 9 heteroatoms. The van der Waals surface area contributed by atoms with E-state index in [1.807, 2.05) is 18.2 Å². The molecule has 26 heavy (non-hydrogen) atoms.